The van der Waals surface area contributed by atoms with Gasteiger partial charge in [0.1, 0.15) is 17.7 Å². The number of benzene rings is 2. The zero-order chi connectivity index (χ0) is 22.2. The second-order valence-corrected chi connectivity index (χ2v) is 9.22. The monoisotopic (exact) mass is 427 g/mol. The van der Waals surface area contributed by atoms with E-state index < -0.39 is 17.0 Å². The average Bonchev–Trinajstić information content (AvgIpc) is 3.23. The number of nitrogens with zero attached hydrogens (tertiary/aromatic N) is 2. The third-order valence-electron chi connectivity index (χ3n) is 5.50. The summed E-state index contributed by atoms with van der Waals surface area (Å²) in [6.07, 6.45) is -0.159. The van der Waals surface area contributed by atoms with Crippen molar-refractivity contribution in [2.24, 2.45) is 0 Å². The molecule has 2 heterocycles. The van der Waals surface area contributed by atoms with Gasteiger partial charge in [-0.25, -0.2) is 9.37 Å². The summed E-state index contributed by atoms with van der Waals surface area (Å²) >= 11 is 0. The van der Waals surface area contributed by atoms with Crippen molar-refractivity contribution in [1.82, 2.24) is 9.55 Å². The van der Waals surface area contributed by atoms with Crippen LogP contribution in [0, 0.1) is 5.82 Å². The Kier molecular flexibility index (Phi) is 5.77. The highest BCUT2D eigenvalue weighted by molar-refractivity contribution is 5.80. The Bertz CT molecular complexity index is 1060. The molecule has 0 bridgehead atoms. The molecule has 1 saturated heterocycles. The van der Waals surface area contributed by atoms with Crippen LogP contribution in [0.15, 0.2) is 42.5 Å². The van der Waals surface area contributed by atoms with Crippen molar-refractivity contribution in [2.45, 2.75) is 58.2 Å². The van der Waals surface area contributed by atoms with Gasteiger partial charge in [-0.3, -0.25) is 0 Å². The first kappa shape index (κ1) is 21.7. The Morgan fingerprint density at radius 2 is 2.00 bits per heavy atom. The van der Waals surface area contributed by atoms with Gasteiger partial charge in [-0.2, -0.15) is 0 Å². The molecular formula is C24H30FN3O3. The maximum atomic E-state index is 14.3. The van der Waals surface area contributed by atoms with Crippen molar-refractivity contribution in [1.29, 1.82) is 0 Å². The number of rotatable bonds is 7. The molecule has 6 nitrogen and oxygen atoms in total. The molecule has 0 unspecified atom stereocenters. The van der Waals surface area contributed by atoms with Gasteiger partial charge in [0.25, 0.3) is 0 Å². The van der Waals surface area contributed by atoms with Crippen molar-refractivity contribution < 1.29 is 18.6 Å². The Morgan fingerprint density at radius 1 is 1.26 bits per heavy atom. The third-order valence-corrected chi connectivity index (χ3v) is 5.50. The molecule has 1 aromatic heterocycles. The van der Waals surface area contributed by atoms with E-state index in [9.17, 15) is 4.39 Å². The fraction of sp³-hybridized carbons (Fsp3) is 0.458. The van der Waals surface area contributed by atoms with Gasteiger partial charge >= 0.3 is 0 Å². The van der Waals surface area contributed by atoms with E-state index in [0.717, 1.165) is 11.4 Å². The standard InChI is InChI=1S/C24H30FN3O3/c1-23(2,15-29-13-16-8-6-5-7-9-16)22-27-20-11-19(26)18(25)10-21(20)28(22)12-17-14-30-24(3,4)31-17/h5-11,17H,12-15,26H2,1-4H3/t17-/m1/s1. The normalized spacial score (nSPS) is 18.7. The summed E-state index contributed by atoms with van der Waals surface area (Å²) in [5.74, 6) is -0.290. The number of imidazole rings is 1. The molecule has 1 atom stereocenters. The molecule has 0 aliphatic carbocycles. The highest BCUT2D eigenvalue weighted by Gasteiger charge is 2.35. The lowest BCUT2D eigenvalue weighted by atomic mass is 9.93. The minimum atomic E-state index is -0.634. The molecule has 1 aliphatic rings. The number of halogens is 1. The molecule has 3 aromatic rings. The fourth-order valence-electron chi connectivity index (χ4n) is 3.98. The summed E-state index contributed by atoms with van der Waals surface area (Å²) in [5.41, 5.74) is 7.92. The molecule has 2 aromatic carbocycles. The van der Waals surface area contributed by atoms with Crippen molar-refractivity contribution in [2.75, 3.05) is 18.9 Å². The zero-order valence-electron chi connectivity index (χ0n) is 18.5. The number of ether oxygens (including phenoxy) is 3. The molecule has 0 amide bonds. The summed E-state index contributed by atoms with van der Waals surface area (Å²) in [6.45, 7) is 9.87. The number of hydrogen-bond acceptors (Lipinski definition) is 5. The van der Waals surface area contributed by atoms with Gasteiger partial charge in [0, 0.05) is 11.5 Å². The Balaban J connectivity index is 1.63. The van der Waals surface area contributed by atoms with E-state index in [1.54, 1.807) is 6.07 Å². The van der Waals surface area contributed by atoms with E-state index in [4.69, 9.17) is 24.9 Å². The van der Waals surface area contributed by atoms with Crippen molar-refractivity contribution in [3.63, 3.8) is 0 Å². The number of nitrogens with two attached hydrogens (primary N) is 1. The summed E-state index contributed by atoms with van der Waals surface area (Å²) in [6, 6.07) is 13.1. The molecule has 1 aliphatic heterocycles. The van der Waals surface area contributed by atoms with Gasteiger partial charge < -0.3 is 24.5 Å². The minimum absolute atomic E-state index is 0.0865. The molecule has 2 N–H and O–H groups in total. The smallest absolute Gasteiger partial charge is 0.163 e. The topological polar surface area (TPSA) is 71.5 Å². The Labute approximate surface area is 182 Å². The van der Waals surface area contributed by atoms with Crippen molar-refractivity contribution >= 4 is 16.7 Å². The average molecular weight is 428 g/mol. The fourth-order valence-corrected chi connectivity index (χ4v) is 3.98. The van der Waals surface area contributed by atoms with E-state index in [0.29, 0.717) is 37.4 Å². The van der Waals surface area contributed by atoms with Gasteiger partial charge in [0.05, 0.1) is 43.1 Å². The maximum Gasteiger partial charge on any atom is 0.163 e. The predicted octanol–water partition coefficient (Wildman–Crippen LogP) is 4.40. The molecule has 0 radical (unpaired) electrons. The SMILES string of the molecule is CC1(C)OC[C@@H](Cn2c(C(C)(C)COCc3ccccc3)nc3cc(N)c(F)cc32)O1. The van der Waals surface area contributed by atoms with Crippen LogP contribution < -0.4 is 5.73 Å². The first-order valence-corrected chi connectivity index (χ1v) is 10.5. The van der Waals surface area contributed by atoms with Crippen LogP contribution in [0.25, 0.3) is 11.0 Å². The van der Waals surface area contributed by atoms with E-state index in [1.165, 1.54) is 6.07 Å². The molecule has 1 fully saturated rings. The van der Waals surface area contributed by atoms with Crippen LogP contribution in [0.2, 0.25) is 0 Å². The van der Waals surface area contributed by atoms with Crippen LogP contribution in [0.1, 0.15) is 39.1 Å². The van der Waals surface area contributed by atoms with E-state index in [2.05, 4.69) is 13.8 Å². The number of hydrogen-bond donors (Lipinski definition) is 1. The van der Waals surface area contributed by atoms with E-state index in [-0.39, 0.29) is 11.8 Å². The summed E-state index contributed by atoms with van der Waals surface area (Å²) in [7, 11) is 0. The lowest BCUT2D eigenvalue weighted by molar-refractivity contribution is -0.139. The molecule has 4 rings (SSSR count). The molecule has 0 saturated carbocycles. The number of nitrogen functional groups attached to an aromatic ring is 1. The number of anilines is 1. The zero-order valence-corrected chi connectivity index (χ0v) is 18.5. The second-order valence-electron chi connectivity index (χ2n) is 9.22. The molecule has 31 heavy (non-hydrogen) atoms. The van der Waals surface area contributed by atoms with Gasteiger partial charge in [-0.1, -0.05) is 44.2 Å². The number of aromatic nitrogens is 2. The van der Waals surface area contributed by atoms with Gasteiger partial charge in [-0.05, 0) is 25.5 Å². The van der Waals surface area contributed by atoms with Crippen LogP contribution in [0.4, 0.5) is 10.1 Å². The number of fused-ring (bicyclic) bond motifs is 1. The Hall–Kier alpha value is -2.48. The molecule has 7 heteroatoms. The minimum Gasteiger partial charge on any atom is -0.396 e. The quantitative estimate of drug-likeness (QED) is 0.566. The molecule has 0 spiro atoms. The van der Waals surface area contributed by atoms with Crippen LogP contribution in [0.5, 0.6) is 0 Å². The summed E-state index contributed by atoms with van der Waals surface area (Å²) in [5, 5.41) is 0. The van der Waals surface area contributed by atoms with Gasteiger partial charge in [0.15, 0.2) is 5.79 Å². The lowest BCUT2D eigenvalue weighted by Gasteiger charge is -2.26. The van der Waals surface area contributed by atoms with Crippen molar-refractivity contribution in [3.05, 3.63) is 59.7 Å². The largest absolute Gasteiger partial charge is 0.396 e. The highest BCUT2D eigenvalue weighted by atomic mass is 19.1. The Morgan fingerprint density at radius 3 is 2.68 bits per heavy atom. The van der Waals surface area contributed by atoms with Crippen molar-refractivity contribution in [3.8, 4) is 0 Å². The summed E-state index contributed by atoms with van der Waals surface area (Å²) in [4.78, 5) is 4.83. The summed E-state index contributed by atoms with van der Waals surface area (Å²) < 4.78 is 34.1. The van der Waals surface area contributed by atoms with E-state index in [1.807, 2.05) is 48.7 Å². The van der Waals surface area contributed by atoms with Gasteiger partial charge in [-0.15, -0.1) is 0 Å². The van der Waals surface area contributed by atoms with Crippen LogP contribution in [-0.4, -0.2) is 34.7 Å². The lowest BCUT2D eigenvalue weighted by Crippen LogP contribution is -2.31. The maximum absolute atomic E-state index is 14.3. The predicted molar refractivity (Wildman–Crippen MR) is 118 cm³/mol. The highest BCUT2D eigenvalue weighted by Crippen LogP contribution is 2.32. The second kappa shape index (κ2) is 8.22. The van der Waals surface area contributed by atoms with Crippen LogP contribution >= 0.6 is 0 Å². The first-order valence-electron chi connectivity index (χ1n) is 10.5. The van der Waals surface area contributed by atoms with Crippen LogP contribution in [0.3, 0.4) is 0 Å². The molecular weight excluding hydrogens is 397 g/mol. The first-order chi connectivity index (χ1) is 14.6. The van der Waals surface area contributed by atoms with Crippen LogP contribution in [-0.2, 0) is 32.8 Å². The third kappa shape index (κ3) is 4.74. The van der Waals surface area contributed by atoms with Gasteiger partial charge in [0.2, 0.25) is 0 Å². The molecule has 166 valence electrons. The van der Waals surface area contributed by atoms with E-state index >= 15 is 0 Å².